The molecular weight excluding hydrogens is 324 g/mol. The van der Waals surface area contributed by atoms with Crippen LogP contribution in [0, 0.1) is 0 Å². The summed E-state index contributed by atoms with van der Waals surface area (Å²) in [4.78, 5) is 19.4. The van der Waals surface area contributed by atoms with Gasteiger partial charge in [-0.15, -0.1) is 0 Å². The van der Waals surface area contributed by atoms with Crippen LogP contribution in [0.2, 0.25) is 5.15 Å². The number of nitrogens with zero attached hydrogens (tertiary/aromatic N) is 2. The SMILES string of the molecule is CCOC(=O)NC(=S)Nc1cc(-c2cccnc2)cc(Cl)n1. The molecule has 0 aromatic carbocycles. The van der Waals surface area contributed by atoms with Crippen LogP contribution in [0.5, 0.6) is 0 Å². The monoisotopic (exact) mass is 336 g/mol. The second-order valence-corrected chi connectivity index (χ2v) is 4.90. The van der Waals surface area contributed by atoms with Crippen molar-refractivity contribution in [2.45, 2.75) is 6.92 Å². The Morgan fingerprint density at radius 1 is 1.41 bits per heavy atom. The number of pyridine rings is 2. The number of halogens is 1. The van der Waals surface area contributed by atoms with Gasteiger partial charge in [0.25, 0.3) is 0 Å². The molecular formula is C14H13ClN4O2S. The van der Waals surface area contributed by atoms with Gasteiger partial charge in [0.2, 0.25) is 0 Å². The molecule has 0 atom stereocenters. The number of anilines is 1. The number of carbonyl (C=O) groups is 1. The Balaban J connectivity index is 2.13. The van der Waals surface area contributed by atoms with E-state index in [2.05, 4.69) is 20.6 Å². The van der Waals surface area contributed by atoms with E-state index in [1.807, 2.05) is 12.1 Å². The molecule has 1 amide bonds. The highest BCUT2D eigenvalue weighted by atomic mass is 35.5. The molecule has 0 aliphatic rings. The van der Waals surface area contributed by atoms with Crippen LogP contribution < -0.4 is 10.6 Å². The van der Waals surface area contributed by atoms with Crippen LogP contribution in [0.15, 0.2) is 36.7 Å². The van der Waals surface area contributed by atoms with Gasteiger partial charge in [-0.2, -0.15) is 0 Å². The van der Waals surface area contributed by atoms with Crippen molar-refractivity contribution < 1.29 is 9.53 Å². The third-order valence-electron chi connectivity index (χ3n) is 2.52. The van der Waals surface area contributed by atoms with Gasteiger partial charge in [0.05, 0.1) is 6.61 Å². The van der Waals surface area contributed by atoms with E-state index in [-0.39, 0.29) is 11.7 Å². The van der Waals surface area contributed by atoms with E-state index >= 15 is 0 Å². The lowest BCUT2D eigenvalue weighted by atomic mass is 10.1. The lowest BCUT2D eigenvalue weighted by molar-refractivity contribution is 0.158. The molecule has 2 aromatic rings. The minimum Gasteiger partial charge on any atom is -0.450 e. The van der Waals surface area contributed by atoms with Crippen molar-refractivity contribution in [2.75, 3.05) is 11.9 Å². The second-order valence-electron chi connectivity index (χ2n) is 4.11. The van der Waals surface area contributed by atoms with Crippen LogP contribution in [-0.4, -0.2) is 27.8 Å². The lowest BCUT2D eigenvalue weighted by Gasteiger charge is -2.10. The first-order chi connectivity index (χ1) is 10.6. The zero-order chi connectivity index (χ0) is 15.9. The Hall–Kier alpha value is -2.25. The smallest absolute Gasteiger partial charge is 0.413 e. The fraction of sp³-hybridized carbons (Fsp3) is 0.143. The number of rotatable bonds is 3. The Bertz CT molecular complexity index is 682. The van der Waals surface area contributed by atoms with E-state index in [1.165, 1.54) is 0 Å². The van der Waals surface area contributed by atoms with Gasteiger partial charge >= 0.3 is 6.09 Å². The predicted molar refractivity (Wildman–Crippen MR) is 88.9 cm³/mol. The first-order valence-corrected chi connectivity index (χ1v) is 7.20. The zero-order valence-corrected chi connectivity index (χ0v) is 13.2. The third-order valence-corrected chi connectivity index (χ3v) is 2.92. The molecule has 8 heteroatoms. The summed E-state index contributed by atoms with van der Waals surface area (Å²) in [7, 11) is 0. The normalized spacial score (nSPS) is 9.91. The Morgan fingerprint density at radius 3 is 2.91 bits per heavy atom. The summed E-state index contributed by atoms with van der Waals surface area (Å²) < 4.78 is 4.73. The Labute approximate surface area is 137 Å². The molecule has 22 heavy (non-hydrogen) atoms. The van der Waals surface area contributed by atoms with Gasteiger partial charge in [-0.3, -0.25) is 10.3 Å². The summed E-state index contributed by atoms with van der Waals surface area (Å²) in [5.74, 6) is 0.410. The minimum atomic E-state index is -0.630. The number of hydrogen-bond acceptors (Lipinski definition) is 5. The molecule has 6 nitrogen and oxygen atoms in total. The Morgan fingerprint density at radius 2 is 2.23 bits per heavy atom. The van der Waals surface area contributed by atoms with Crippen molar-refractivity contribution in [3.05, 3.63) is 41.8 Å². The number of carbonyl (C=O) groups excluding carboxylic acids is 1. The number of hydrogen-bond donors (Lipinski definition) is 2. The van der Waals surface area contributed by atoms with Crippen LogP contribution in [-0.2, 0) is 4.74 Å². The molecule has 0 radical (unpaired) electrons. The van der Waals surface area contributed by atoms with Crippen molar-refractivity contribution >= 4 is 40.8 Å². The van der Waals surface area contributed by atoms with E-state index in [4.69, 9.17) is 28.6 Å². The van der Waals surface area contributed by atoms with E-state index in [0.717, 1.165) is 11.1 Å². The van der Waals surface area contributed by atoms with Crippen LogP contribution in [0.25, 0.3) is 11.1 Å². The van der Waals surface area contributed by atoms with Crippen molar-refractivity contribution in [2.24, 2.45) is 0 Å². The van der Waals surface area contributed by atoms with Crippen LogP contribution in [0.3, 0.4) is 0 Å². The zero-order valence-electron chi connectivity index (χ0n) is 11.7. The van der Waals surface area contributed by atoms with Crippen molar-refractivity contribution in [3.8, 4) is 11.1 Å². The summed E-state index contributed by atoms with van der Waals surface area (Å²) in [6, 6.07) is 7.19. The number of alkyl carbamates (subject to hydrolysis) is 1. The highest BCUT2D eigenvalue weighted by Gasteiger charge is 2.08. The molecule has 2 aromatic heterocycles. The standard InChI is InChI=1S/C14H13ClN4O2S/c1-2-21-14(20)19-13(22)18-12-7-10(6-11(15)17-12)9-4-3-5-16-8-9/h3-8H,2H2,1H3,(H2,17,18,19,20,22). The molecule has 0 saturated heterocycles. The fourth-order valence-corrected chi connectivity index (χ4v) is 2.07. The summed E-state index contributed by atoms with van der Waals surface area (Å²) in [5, 5.41) is 5.53. The number of thiocarbonyl (C=S) groups is 1. The maximum atomic E-state index is 11.3. The highest BCUT2D eigenvalue weighted by molar-refractivity contribution is 7.80. The van der Waals surface area contributed by atoms with Gasteiger partial charge in [0, 0.05) is 18.0 Å². The molecule has 0 unspecified atom stereocenters. The summed E-state index contributed by atoms with van der Waals surface area (Å²) in [5.41, 5.74) is 1.72. The molecule has 2 heterocycles. The van der Waals surface area contributed by atoms with Gasteiger partial charge in [-0.25, -0.2) is 9.78 Å². The average molecular weight is 337 g/mol. The number of ether oxygens (including phenoxy) is 1. The van der Waals surface area contributed by atoms with E-state index in [1.54, 1.807) is 31.5 Å². The van der Waals surface area contributed by atoms with Crippen LogP contribution >= 0.6 is 23.8 Å². The largest absolute Gasteiger partial charge is 0.450 e. The average Bonchev–Trinajstić information content (AvgIpc) is 2.47. The van der Waals surface area contributed by atoms with Crippen molar-refractivity contribution in [1.29, 1.82) is 0 Å². The van der Waals surface area contributed by atoms with E-state index < -0.39 is 6.09 Å². The summed E-state index contributed by atoms with van der Waals surface area (Å²) in [6.45, 7) is 1.96. The molecule has 114 valence electrons. The maximum Gasteiger partial charge on any atom is 0.413 e. The van der Waals surface area contributed by atoms with E-state index in [9.17, 15) is 4.79 Å². The second kappa shape index (κ2) is 7.67. The van der Waals surface area contributed by atoms with Crippen LogP contribution in [0.1, 0.15) is 6.92 Å². The number of amides is 1. The molecule has 0 aliphatic heterocycles. The number of aromatic nitrogens is 2. The predicted octanol–water partition coefficient (Wildman–Crippen LogP) is 3.24. The topological polar surface area (TPSA) is 76.1 Å². The molecule has 2 rings (SSSR count). The fourth-order valence-electron chi connectivity index (χ4n) is 1.67. The van der Waals surface area contributed by atoms with Gasteiger partial charge in [0.1, 0.15) is 11.0 Å². The van der Waals surface area contributed by atoms with Gasteiger partial charge in [-0.1, -0.05) is 17.7 Å². The third kappa shape index (κ3) is 4.64. The molecule has 0 bridgehead atoms. The molecule has 0 spiro atoms. The number of nitrogens with one attached hydrogen (secondary N) is 2. The van der Waals surface area contributed by atoms with Crippen molar-refractivity contribution in [1.82, 2.24) is 15.3 Å². The van der Waals surface area contributed by atoms with Gasteiger partial charge < -0.3 is 10.1 Å². The van der Waals surface area contributed by atoms with Crippen LogP contribution in [0.4, 0.5) is 10.6 Å². The molecule has 0 fully saturated rings. The van der Waals surface area contributed by atoms with E-state index in [0.29, 0.717) is 11.0 Å². The molecule has 0 aliphatic carbocycles. The highest BCUT2D eigenvalue weighted by Crippen LogP contribution is 2.24. The quantitative estimate of drug-likeness (QED) is 0.662. The van der Waals surface area contributed by atoms with Gasteiger partial charge in [-0.05, 0) is 42.9 Å². The molecule has 2 N–H and O–H groups in total. The molecule has 0 saturated carbocycles. The minimum absolute atomic E-state index is 0.0744. The first kappa shape index (κ1) is 16.1. The summed E-state index contributed by atoms with van der Waals surface area (Å²) in [6.07, 6.45) is 2.77. The maximum absolute atomic E-state index is 11.3. The lowest BCUT2D eigenvalue weighted by Crippen LogP contribution is -2.34. The Kier molecular flexibility index (Phi) is 5.62. The summed E-state index contributed by atoms with van der Waals surface area (Å²) >= 11 is 11.0. The first-order valence-electron chi connectivity index (χ1n) is 6.41. The van der Waals surface area contributed by atoms with Crippen molar-refractivity contribution in [3.63, 3.8) is 0 Å². The van der Waals surface area contributed by atoms with Gasteiger partial charge in [0.15, 0.2) is 5.11 Å².